The molecule has 3 heterocycles. The molecule has 0 amide bonds. The van der Waals surface area contributed by atoms with Crippen LogP contribution in [-0.2, 0) is 6.54 Å². The van der Waals surface area contributed by atoms with Gasteiger partial charge in [0.25, 0.3) is 0 Å². The highest BCUT2D eigenvalue weighted by Crippen LogP contribution is 2.27. The minimum Gasteiger partial charge on any atom is -0.357 e. The Morgan fingerprint density at radius 2 is 2.31 bits per heavy atom. The number of hydrogen-bond acceptors (Lipinski definition) is 4. The van der Waals surface area contributed by atoms with Gasteiger partial charge in [-0.15, -0.1) is 11.3 Å². The van der Waals surface area contributed by atoms with Crippen LogP contribution in [0.5, 0.6) is 0 Å². The van der Waals surface area contributed by atoms with Crippen LogP contribution in [-0.4, -0.2) is 45.0 Å². The molecule has 0 saturated carbocycles. The van der Waals surface area contributed by atoms with Crippen molar-refractivity contribution >= 4 is 17.3 Å². The van der Waals surface area contributed by atoms with E-state index in [1.807, 2.05) is 12.5 Å². The molecular formula is C19H30N6S. The Morgan fingerprint density at radius 3 is 2.96 bits per heavy atom. The van der Waals surface area contributed by atoms with Gasteiger partial charge in [-0.2, -0.15) is 0 Å². The number of aromatic nitrogens is 3. The van der Waals surface area contributed by atoms with Crippen LogP contribution in [0.15, 0.2) is 29.1 Å². The fourth-order valence-corrected chi connectivity index (χ4v) is 4.16. The predicted octanol–water partition coefficient (Wildman–Crippen LogP) is 3.51. The van der Waals surface area contributed by atoms with Crippen molar-refractivity contribution in [3.05, 3.63) is 34.8 Å². The molecule has 1 aliphatic rings. The Hall–Kier alpha value is -1.89. The maximum atomic E-state index is 4.87. The summed E-state index contributed by atoms with van der Waals surface area (Å²) in [7, 11) is 0. The molecule has 1 aliphatic heterocycles. The van der Waals surface area contributed by atoms with Crippen LogP contribution in [0.3, 0.4) is 0 Å². The van der Waals surface area contributed by atoms with E-state index in [4.69, 9.17) is 9.98 Å². The standard InChI is InChI=1S/C19H30N6S/c1-5-21-19(22-10-16-12-26-18(23-16)14(2)3)24-8-6-15(4)17(11-24)25-9-7-20-13-25/h7,9,12-15,17H,5-6,8,10-11H2,1-4H3,(H,21,22). The van der Waals surface area contributed by atoms with E-state index in [0.717, 1.165) is 37.7 Å². The van der Waals surface area contributed by atoms with E-state index >= 15 is 0 Å². The molecule has 3 rings (SSSR count). The third kappa shape index (κ3) is 4.44. The largest absolute Gasteiger partial charge is 0.357 e. The lowest BCUT2D eigenvalue weighted by Gasteiger charge is -2.39. The topological polar surface area (TPSA) is 58.3 Å². The van der Waals surface area contributed by atoms with Crippen molar-refractivity contribution in [2.45, 2.75) is 52.6 Å². The molecule has 1 saturated heterocycles. The minimum absolute atomic E-state index is 0.432. The molecule has 26 heavy (non-hydrogen) atoms. The van der Waals surface area contributed by atoms with E-state index in [9.17, 15) is 0 Å². The molecule has 2 atom stereocenters. The normalized spacial score (nSPS) is 21.4. The Labute approximate surface area is 160 Å². The fourth-order valence-electron chi connectivity index (χ4n) is 3.34. The number of guanidine groups is 1. The van der Waals surface area contributed by atoms with Gasteiger partial charge < -0.3 is 14.8 Å². The summed E-state index contributed by atoms with van der Waals surface area (Å²) in [4.78, 5) is 16.2. The van der Waals surface area contributed by atoms with E-state index in [2.05, 4.69) is 59.0 Å². The van der Waals surface area contributed by atoms with Gasteiger partial charge in [-0.1, -0.05) is 20.8 Å². The number of likely N-dealkylation sites (tertiary alicyclic amines) is 1. The zero-order chi connectivity index (χ0) is 18.5. The average Bonchev–Trinajstić information content (AvgIpc) is 3.31. The Morgan fingerprint density at radius 1 is 1.46 bits per heavy atom. The second-order valence-electron chi connectivity index (χ2n) is 7.29. The van der Waals surface area contributed by atoms with Gasteiger partial charge in [0, 0.05) is 43.3 Å². The molecule has 0 radical (unpaired) electrons. The lowest BCUT2D eigenvalue weighted by Crippen LogP contribution is -2.49. The quantitative estimate of drug-likeness (QED) is 0.643. The summed E-state index contributed by atoms with van der Waals surface area (Å²) in [6.45, 7) is 12.3. The number of hydrogen-bond donors (Lipinski definition) is 1. The van der Waals surface area contributed by atoms with Crippen LogP contribution in [0, 0.1) is 5.92 Å². The molecule has 0 bridgehead atoms. The third-order valence-electron chi connectivity index (χ3n) is 4.92. The van der Waals surface area contributed by atoms with E-state index in [0.29, 0.717) is 24.4 Å². The Balaban J connectivity index is 1.71. The van der Waals surface area contributed by atoms with Gasteiger partial charge in [0.1, 0.15) is 0 Å². The van der Waals surface area contributed by atoms with E-state index in [-0.39, 0.29) is 0 Å². The highest BCUT2D eigenvalue weighted by Gasteiger charge is 2.28. The first-order valence-electron chi connectivity index (χ1n) is 9.53. The zero-order valence-corrected chi connectivity index (χ0v) is 17.0. The number of aliphatic imine (C=N–C) groups is 1. The molecule has 142 valence electrons. The lowest BCUT2D eigenvalue weighted by atomic mass is 9.93. The van der Waals surface area contributed by atoms with E-state index in [1.54, 1.807) is 11.3 Å². The average molecular weight is 375 g/mol. The Kier molecular flexibility index (Phi) is 6.29. The molecule has 7 heteroatoms. The number of rotatable bonds is 5. The van der Waals surface area contributed by atoms with Crippen molar-refractivity contribution in [2.24, 2.45) is 10.9 Å². The summed E-state index contributed by atoms with van der Waals surface area (Å²) in [6.07, 6.45) is 7.01. The first-order chi connectivity index (χ1) is 12.6. The summed E-state index contributed by atoms with van der Waals surface area (Å²) in [5.74, 6) is 2.10. The van der Waals surface area contributed by atoms with Gasteiger partial charge in [-0.3, -0.25) is 0 Å². The van der Waals surface area contributed by atoms with Crippen molar-refractivity contribution in [1.29, 1.82) is 0 Å². The van der Waals surface area contributed by atoms with Crippen LogP contribution in [0.4, 0.5) is 0 Å². The summed E-state index contributed by atoms with van der Waals surface area (Å²) in [5, 5.41) is 6.78. The number of imidazole rings is 1. The van der Waals surface area contributed by atoms with Gasteiger partial charge in [0.15, 0.2) is 5.96 Å². The SMILES string of the molecule is CCNC(=NCc1csc(C(C)C)n1)N1CCC(C)C(n2ccnc2)C1. The molecule has 1 N–H and O–H groups in total. The van der Waals surface area contributed by atoms with Crippen LogP contribution in [0.25, 0.3) is 0 Å². The first kappa shape index (κ1) is 18.9. The molecule has 0 spiro atoms. The van der Waals surface area contributed by atoms with Crippen molar-refractivity contribution < 1.29 is 0 Å². The van der Waals surface area contributed by atoms with Crippen molar-refractivity contribution in [3.63, 3.8) is 0 Å². The predicted molar refractivity (Wildman–Crippen MR) is 108 cm³/mol. The zero-order valence-electron chi connectivity index (χ0n) is 16.2. The van der Waals surface area contributed by atoms with E-state index < -0.39 is 0 Å². The van der Waals surface area contributed by atoms with Crippen molar-refractivity contribution in [3.8, 4) is 0 Å². The number of thiazole rings is 1. The molecule has 6 nitrogen and oxygen atoms in total. The van der Waals surface area contributed by atoms with Crippen molar-refractivity contribution in [1.82, 2.24) is 24.8 Å². The first-order valence-corrected chi connectivity index (χ1v) is 10.4. The molecule has 0 aromatic carbocycles. The molecule has 1 fully saturated rings. The fraction of sp³-hybridized carbons (Fsp3) is 0.632. The molecule has 2 unspecified atom stereocenters. The van der Waals surface area contributed by atoms with Crippen molar-refractivity contribution in [2.75, 3.05) is 19.6 Å². The van der Waals surface area contributed by atoms with Gasteiger partial charge in [-0.05, 0) is 19.3 Å². The van der Waals surface area contributed by atoms with Crippen LogP contribution in [0.2, 0.25) is 0 Å². The highest BCUT2D eigenvalue weighted by molar-refractivity contribution is 7.09. The monoisotopic (exact) mass is 374 g/mol. The van der Waals surface area contributed by atoms with E-state index in [1.165, 1.54) is 5.01 Å². The summed E-state index contributed by atoms with van der Waals surface area (Å²) in [6, 6.07) is 0.432. The van der Waals surface area contributed by atoms with Gasteiger partial charge in [0.05, 0.1) is 29.6 Å². The molecule has 2 aromatic heterocycles. The van der Waals surface area contributed by atoms with Crippen LogP contribution in [0.1, 0.15) is 56.8 Å². The number of nitrogens with zero attached hydrogens (tertiary/aromatic N) is 5. The summed E-state index contributed by atoms with van der Waals surface area (Å²) >= 11 is 1.73. The van der Waals surface area contributed by atoms with Gasteiger partial charge >= 0.3 is 0 Å². The third-order valence-corrected chi connectivity index (χ3v) is 6.11. The summed E-state index contributed by atoms with van der Waals surface area (Å²) < 4.78 is 2.23. The van der Waals surface area contributed by atoms with Crippen LogP contribution < -0.4 is 5.32 Å². The second kappa shape index (κ2) is 8.66. The number of piperidine rings is 1. The minimum atomic E-state index is 0.432. The molecule has 2 aromatic rings. The smallest absolute Gasteiger partial charge is 0.194 e. The molecular weight excluding hydrogens is 344 g/mol. The maximum absolute atomic E-state index is 4.87. The maximum Gasteiger partial charge on any atom is 0.194 e. The van der Waals surface area contributed by atoms with Gasteiger partial charge in [-0.25, -0.2) is 15.0 Å². The molecule has 0 aliphatic carbocycles. The highest BCUT2D eigenvalue weighted by atomic mass is 32.1. The van der Waals surface area contributed by atoms with Crippen LogP contribution >= 0.6 is 11.3 Å². The summed E-state index contributed by atoms with van der Waals surface area (Å²) in [5.41, 5.74) is 1.06. The number of nitrogens with one attached hydrogen (secondary N) is 1. The van der Waals surface area contributed by atoms with Gasteiger partial charge in [0.2, 0.25) is 0 Å². The lowest BCUT2D eigenvalue weighted by molar-refractivity contribution is 0.189. The second-order valence-corrected chi connectivity index (χ2v) is 8.18. The Bertz CT molecular complexity index is 705.